The molecule has 4 rings (SSSR count). The van der Waals surface area contributed by atoms with Crippen molar-refractivity contribution in [3.63, 3.8) is 0 Å². The molecule has 16 nitrogen and oxygen atoms in total. The summed E-state index contributed by atoms with van der Waals surface area (Å²) in [6, 6.07) is 9.64. The van der Waals surface area contributed by atoms with Crippen molar-refractivity contribution in [3.8, 4) is 0 Å². The Hall–Kier alpha value is -4.92. The molecule has 0 heterocycles. The lowest BCUT2D eigenvalue weighted by atomic mass is 10.1. The van der Waals surface area contributed by atoms with E-state index in [1.165, 1.54) is 12.1 Å². The quantitative estimate of drug-likeness (QED) is 0.104. The number of fused-ring (bicyclic) bond motifs is 1. The molecule has 45 heavy (non-hydrogen) atoms. The number of nitrogens with one attached hydrogen (secondary N) is 2. The fraction of sp³-hybridized carbons (Fsp3) is 0.0385. The third-order valence-corrected chi connectivity index (χ3v) is 8.98. The van der Waals surface area contributed by atoms with E-state index in [0.717, 1.165) is 24.3 Å². The number of carbonyl (C=O) groups excluding carboxylic acids is 2. The van der Waals surface area contributed by atoms with Crippen LogP contribution in [0, 0.1) is 6.92 Å². The first-order valence-corrected chi connectivity index (χ1v) is 16.4. The predicted molar refractivity (Wildman–Crippen MR) is 158 cm³/mol. The zero-order valence-electron chi connectivity index (χ0n) is 22.5. The summed E-state index contributed by atoms with van der Waals surface area (Å²) in [7, 11) is -15.8. The molecular formula is C26H21N3O13S3. The summed E-state index contributed by atoms with van der Waals surface area (Å²) in [6.07, 6.45) is 0. The minimum Gasteiger partial charge on any atom is -0.478 e. The number of carbonyl (C=O) groups is 3. The lowest BCUT2D eigenvalue weighted by Gasteiger charge is -2.16. The van der Waals surface area contributed by atoms with E-state index in [1.807, 2.05) is 0 Å². The van der Waals surface area contributed by atoms with Crippen LogP contribution in [0.5, 0.6) is 0 Å². The van der Waals surface area contributed by atoms with Crippen LogP contribution in [-0.2, 0) is 30.4 Å². The van der Waals surface area contributed by atoms with Crippen molar-refractivity contribution in [1.82, 2.24) is 0 Å². The van der Waals surface area contributed by atoms with Gasteiger partial charge in [0.2, 0.25) is 0 Å². The Morgan fingerprint density at radius 1 is 0.667 bits per heavy atom. The molecule has 0 bridgehead atoms. The van der Waals surface area contributed by atoms with E-state index in [4.69, 9.17) is 5.73 Å². The van der Waals surface area contributed by atoms with Gasteiger partial charge in [0.1, 0.15) is 9.79 Å². The smallest absolute Gasteiger partial charge is 0.335 e. The summed E-state index contributed by atoms with van der Waals surface area (Å²) < 4.78 is 101. The van der Waals surface area contributed by atoms with E-state index in [-0.39, 0.29) is 17.3 Å². The first-order valence-electron chi connectivity index (χ1n) is 12.1. The maximum Gasteiger partial charge on any atom is 0.335 e. The van der Waals surface area contributed by atoms with Crippen LogP contribution in [0.2, 0.25) is 0 Å². The van der Waals surface area contributed by atoms with Gasteiger partial charge in [0.15, 0.2) is 0 Å². The Kier molecular flexibility index (Phi) is 8.46. The van der Waals surface area contributed by atoms with Crippen molar-refractivity contribution in [2.24, 2.45) is 0 Å². The number of aromatic carboxylic acids is 1. The molecule has 0 saturated carbocycles. The van der Waals surface area contributed by atoms with Gasteiger partial charge in [0, 0.05) is 33.3 Å². The van der Waals surface area contributed by atoms with Gasteiger partial charge in [-0.3, -0.25) is 23.2 Å². The molecule has 8 N–H and O–H groups in total. The molecule has 4 aromatic carbocycles. The zero-order chi connectivity index (χ0) is 33.6. The van der Waals surface area contributed by atoms with Crippen LogP contribution in [0.1, 0.15) is 36.6 Å². The number of carboxylic acids is 1. The predicted octanol–water partition coefficient (Wildman–Crippen LogP) is 2.67. The average Bonchev–Trinajstić information content (AvgIpc) is 2.92. The summed E-state index contributed by atoms with van der Waals surface area (Å²) in [5.41, 5.74) is 5.35. The van der Waals surface area contributed by atoms with Crippen LogP contribution in [0.15, 0.2) is 75.4 Å². The maximum atomic E-state index is 13.3. The monoisotopic (exact) mass is 679 g/mol. The summed E-state index contributed by atoms with van der Waals surface area (Å²) in [5.74, 6) is -3.36. The summed E-state index contributed by atoms with van der Waals surface area (Å²) >= 11 is 0. The van der Waals surface area contributed by atoms with Gasteiger partial charge in [0.25, 0.3) is 42.2 Å². The normalized spacial score (nSPS) is 12.1. The Morgan fingerprint density at radius 3 is 1.82 bits per heavy atom. The van der Waals surface area contributed by atoms with Gasteiger partial charge in [-0.2, -0.15) is 25.3 Å². The highest BCUT2D eigenvalue weighted by Gasteiger charge is 2.27. The molecule has 0 aromatic heterocycles. The highest BCUT2D eigenvalue weighted by atomic mass is 32.2. The van der Waals surface area contributed by atoms with Crippen molar-refractivity contribution in [2.75, 3.05) is 16.4 Å². The zero-order valence-corrected chi connectivity index (χ0v) is 25.0. The molecule has 2 amide bonds. The van der Waals surface area contributed by atoms with E-state index in [9.17, 15) is 58.4 Å². The van der Waals surface area contributed by atoms with E-state index in [2.05, 4.69) is 10.6 Å². The molecule has 236 valence electrons. The number of aryl methyl sites for hydroxylation is 1. The summed E-state index contributed by atoms with van der Waals surface area (Å²) in [6.45, 7) is 1.71. The van der Waals surface area contributed by atoms with Crippen molar-refractivity contribution in [3.05, 3.63) is 82.9 Å². The van der Waals surface area contributed by atoms with Crippen molar-refractivity contribution >= 4 is 76.0 Å². The molecule has 4 aromatic rings. The molecule has 0 saturated heterocycles. The fourth-order valence-corrected chi connectivity index (χ4v) is 6.25. The van der Waals surface area contributed by atoms with E-state index in [0.29, 0.717) is 23.4 Å². The minimum absolute atomic E-state index is 0.109. The molecule has 0 aliphatic rings. The third-order valence-electron chi connectivity index (χ3n) is 6.36. The number of anilines is 3. The van der Waals surface area contributed by atoms with Crippen LogP contribution in [-0.4, -0.2) is 61.8 Å². The first kappa shape index (κ1) is 33.0. The second-order valence-corrected chi connectivity index (χ2v) is 13.7. The molecule has 0 atom stereocenters. The second-order valence-electron chi connectivity index (χ2n) is 9.46. The Balaban J connectivity index is 1.87. The van der Waals surface area contributed by atoms with Crippen LogP contribution in [0.4, 0.5) is 17.1 Å². The number of benzene rings is 4. The van der Waals surface area contributed by atoms with Gasteiger partial charge in [-0.15, -0.1) is 0 Å². The van der Waals surface area contributed by atoms with Gasteiger partial charge in [0.05, 0.1) is 16.1 Å². The number of nitrogens with two attached hydrogens (primary N) is 1. The largest absolute Gasteiger partial charge is 0.478 e. The first-order chi connectivity index (χ1) is 20.7. The van der Waals surface area contributed by atoms with Crippen LogP contribution < -0.4 is 16.4 Å². The summed E-state index contributed by atoms with van der Waals surface area (Å²) in [5, 5.41) is 12.6. The van der Waals surface area contributed by atoms with E-state index < -0.39 is 90.4 Å². The Bertz CT molecular complexity index is 2280. The number of carboxylic acid groups (broad SMARTS) is 1. The molecule has 19 heteroatoms. The van der Waals surface area contributed by atoms with Gasteiger partial charge in [-0.05, 0) is 67.1 Å². The van der Waals surface area contributed by atoms with Crippen LogP contribution in [0.3, 0.4) is 0 Å². The van der Waals surface area contributed by atoms with E-state index >= 15 is 0 Å². The Morgan fingerprint density at radius 2 is 1.27 bits per heavy atom. The SMILES string of the molecule is Cc1ccc(C(=O)Nc2cc(C(=O)O)cc(C(=O)Nc3ccc(S(=O)(=O)O)c4cc(S(=O)(=O)O)cc(S(=O)(=O)O)c34)c2)cc1N. The minimum atomic E-state index is -5.41. The van der Waals surface area contributed by atoms with E-state index in [1.54, 1.807) is 13.0 Å². The topological polar surface area (TPSA) is 285 Å². The highest BCUT2D eigenvalue weighted by molar-refractivity contribution is 7.87. The van der Waals surface area contributed by atoms with Crippen LogP contribution in [0.25, 0.3) is 10.8 Å². The van der Waals surface area contributed by atoms with Gasteiger partial charge >= 0.3 is 5.97 Å². The lowest BCUT2D eigenvalue weighted by Crippen LogP contribution is -2.17. The number of amides is 2. The van der Waals surface area contributed by atoms with Gasteiger partial charge < -0.3 is 21.5 Å². The van der Waals surface area contributed by atoms with Crippen molar-refractivity contribution in [1.29, 1.82) is 0 Å². The van der Waals surface area contributed by atoms with Crippen LogP contribution >= 0.6 is 0 Å². The molecule has 0 radical (unpaired) electrons. The molecule has 0 aliphatic carbocycles. The van der Waals surface area contributed by atoms with Crippen molar-refractivity contribution in [2.45, 2.75) is 21.6 Å². The fourth-order valence-electron chi connectivity index (χ4n) is 4.21. The summed E-state index contributed by atoms with van der Waals surface area (Å²) in [4.78, 5) is 34.4. The molecular weight excluding hydrogens is 658 g/mol. The highest BCUT2D eigenvalue weighted by Crippen LogP contribution is 2.37. The average molecular weight is 680 g/mol. The molecule has 0 fully saturated rings. The molecule has 0 unspecified atom stereocenters. The molecule has 0 aliphatic heterocycles. The lowest BCUT2D eigenvalue weighted by molar-refractivity contribution is 0.0696. The standard InChI is InChI=1S/C26H21N3O13S3/c1-12-2-3-13(9-19(12)27)24(30)28-16-7-14(6-15(8-16)26(32)33)25(31)29-20-4-5-21(44(37,38)39)18-10-17(43(34,35)36)11-22(23(18)20)45(40,41)42/h2-11H,27H2,1H3,(H,28,30)(H,29,31)(H,32,33)(H,34,35,36)(H,37,38,39)(H,40,41,42). The Labute approximate surface area is 254 Å². The number of hydrogen-bond donors (Lipinski definition) is 7. The van der Waals surface area contributed by atoms with Gasteiger partial charge in [-0.25, -0.2) is 4.79 Å². The number of rotatable bonds is 8. The van der Waals surface area contributed by atoms with Crippen molar-refractivity contribution < 1.29 is 58.4 Å². The number of hydrogen-bond acceptors (Lipinski definition) is 10. The molecule has 0 spiro atoms. The maximum absolute atomic E-state index is 13.3. The third kappa shape index (κ3) is 7.09. The number of nitrogen functional groups attached to an aromatic ring is 1. The second kappa shape index (κ2) is 11.5. The van der Waals surface area contributed by atoms with Gasteiger partial charge in [-0.1, -0.05) is 6.07 Å².